The molecule has 1 aromatic rings. The van der Waals surface area contributed by atoms with Crippen molar-refractivity contribution in [1.29, 1.82) is 0 Å². The van der Waals surface area contributed by atoms with Crippen molar-refractivity contribution in [2.24, 2.45) is 0 Å². The van der Waals surface area contributed by atoms with E-state index in [0.29, 0.717) is 5.15 Å². The lowest BCUT2D eigenvalue weighted by Gasteiger charge is -1.93. The Kier molecular flexibility index (Phi) is 1.88. The maximum atomic E-state index is 5.47. The van der Waals surface area contributed by atoms with Crippen molar-refractivity contribution in [3.05, 3.63) is 10.5 Å². The van der Waals surface area contributed by atoms with Crippen LogP contribution in [0.1, 0.15) is 0 Å². The molecule has 8 heavy (non-hydrogen) atoms. The monoisotopic (exact) mass is 171 g/mol. The smallest absolute Gasteiger partial charge is 0.134 e. The van der Waals surface area contributed by atoms with E-state index in [0.717, 1.165) is 4.32 Å². The van der Waals surface area contributed by atoms with E-state index >= 15 is 0 Å². The first kappa shape index (κ1) is 6.07. The summed E-state index contributed by atoms with van der Waals surface area (Å²) in [7, 11) is 0. The zero-order valence-corrected chi connectivity index (χ0v) is 6.02. The van der Waals surface area contributed by atoms with Gasteiger partial charge in [0.05, 0.1) is 11.8 Å². The average Bonchev–Trinajstić information content (AvgIpc) is 1.64. The molecule has 0 fully saturated rings. The number of aromatic amines is 2. The molecule has 46 valence electrons. The van der Waals surface area contributed by atoms with Gasteiger partial charge in [-0.25, -0.2) is 4.49 Å². The highest BCUT2D eigenvalue weighted by Crippen LogP contribution is 2.02. The van der Waals surface area contributed by atoms with Crippen molar-refractivity contribution in [1.82, 2.24) is 13.9 Å². The van der Waals surface area contributed by atoms with Gasteiger partial charge in [0.1, 0.15) is 5.15 Å². The first-order chi connectivity index (χ1) is 3.79. The fraction of sp³-hybridized carbons (Fsp3) is 0. The van der Waals surface area contributed by atoms with Gasteiger partial charge in [0.2, 0.25) is 0 Å². The Balaban J connectivity index is 3.08. The third-order valence-corrected chi connectivity index (χ3v) is 1.73. The van der Waals surface area contributed by atoms with Gasteiger partial charge < -0.3 is 0 Å². The van der Waals surface area contributed by atoms with Crippen molar-refractivity contribution in [2.75, 3.05) is 0 Å². The summed E-state index contributed by atoms with van der Waals surface area (Å²) in [4.78, 5) is 0. The molecule has 0 aliphatic rings. The molecule has 0 aliphatic carbocycles. The van der Waals surface area contributed by atoms with E-state index in [1.54, 1.807) is 5.38 Å². The van der Waals surface area contributed by atoms with Crippen LogP contribution in [0.3, 0.4) is 0 Å². The van der Waals surface area contributed by atoms with Crippen LogP contribution in [-0.4, -0.2) is 13.9 Å². The Morgan fingerprint density at radius 2 is 2.50 bits per heavy atom. The molecule has 2 N–H and O–H groups in total. The SMILES string of the molecule is Clc1cs[nH]n(Cl)[nH]1. The van der Waals surface area contributed by atoms with E-state index in [9.17, 15) is 0 Å². The summed E-state index contributed by atoms with van der Waals surface area (Å²) >= 11 is 12.1. The lowest BCUT2D eigenvalue weighted by atomic mass is 11.0. The second-order valence-corrected chi connectivity index (χ2v) is 2.47. The van der Waals surface area contributed by atoms with Crippen LogP contribution in [0.4, 0.5) is 0 Å². The van der Waals surface area contributed by atoms with Crippen molar-refractivity contribution >= 4 is 34.9 Å². The molecule has 0 bridgehead atoms. The predicted molar refractivity (Wildman–Crippen MR) is 34.9 cm³/mol. The number of halogens is 2. The maximum Gasteiger partial charge on any atom is 0.134 e. The van der Waals surface area contributed by atoms with Gasteiger partial charge in [0, 0.05) is 5.38 Å². The van der Waals surface area contributed by atoms with E-state index < -0.39 is 0 Å². The molecule has 1 aromatic heterocycles. The van der Waals surface area contributed by atoms with Crippen molar-refractivity contribution in [3.8, 4) is 0 Å². The molecule has 0 unspecified atom stereocenters. The average molecular weight is 172 g/mol. The van der Waals surface area contributed by atoms with E-state index in [-0.39, 0.29) is 0 Å². The molecule has 0 saturated heterocycles. The molecule has 3 nitrogen and oxygen atoms in total. The zero-order valence-electron chi connectivity index (χ0n) is 3.69. The third kappa shape index (κ3) is 1.47. The first-order valence-corrected chi connectivity index (χ1v) is 3.38. The number of hydrogen-bond donors (Lipinski definition) is 2. The van der Waals surface area contributed by atoms with Crippen LogP contribution in [0.15, 0.2) is 5.38 Å². The van der Waals surface area contributed by atoms with E-state index in [1.807, 2.05) is 0 Å². The third-order valence-electron chi connectivity index (χ3n) is 0.500. The highest BCUT2D eigenvalue weighted by molar-refractivity contribution is 7.03. The van der Waals surface area contributed by atoms with Gasteiger partial charge in [-0.2, -0.15) is 0 Å². The van der Waals surface area contributed by atoms with Crippen LogP contribution in [0.25, 0.3) is 0 Å². The minimum atomic E-state index is 0.503. The normalized spacial score (nSPS) is 9.25. The van der Waals surface area contributed by atoms with Gasteiger partial charge in [-0.1, -0.05) is 11.6 Å². The molecule has 0 radical (unpaired) electrons. The highest BCUT2D eigenvalue weighted by atomic mass is 35.5. The Morgan fingerprint density at radius 3 is 2.88 bits per heavy atom. The molecular weight excluding hydrogens is 169 g/mol. The molecule has 0 aliphatic heterocycles. The summed E-state index contributed by atoms with van der Waals surface area (Å²) in [6.45, 7) is 0. The van der Waals surface area contributed by atoms with Crippen LogP contribution in [-0.2, 0) is 0 Å². The number of hydrogen-bond acceptors (Lipinski definition) is 1. The summed E-state index contributed by atoms with van der Waals surface area (Å²) in [6.07, 6.45) is 0. The topological polar surface area (TPSA) is 36.5 Å². The summed E-state index contributed by atoms with van der Waals surface area (Å²) < 4.78 is 3.80. The summed E-state index contributed by atoms with van der Waals surface area (Å²) in [5, 5.41) is 4.77. The Bertz CT molecular complexity index is 175. The van der Waals surface area contributed by atoms with E-state index in [2.05, 4.69) is 9.59 Å². The Hall–Kier alpha value is -0.0600. The molecular formula is C2H3Cl2N3S. The van der Waals surface area contributed by atoms with Gasteiger partial charge in [-0.3, -0.25) is 5.10 Å². The quantitative estimate of drug-likeness (QED) is 0.600. The van der Waals surface area contributed by atoms with E-state index in [1.165, 1.54) is 11.5 Å². The fourth-order valence-corrected chi connectivity index (χ4v) is 1.09. The number of H-pyrrole nitrogens is 2. The molecule has 0 atom stereocenters. The Morgan fingerprint density at radius 1 is 1.75 bits per heavy atom. The fourth-order valence-electron chi connectivity index (χ4n) is 0.267. The number of nitrogens with zero attached hydrogens (tertiary/aromatic N) is 1. The van der Waals surface area contributed by atoms with Gasteiger partial charge in [0.25, 0.3) is 0 Å². The summed E-state index contributed by atoms with van der Waals surface area (Å²) in [6, 6.07) is 0. The number of rotatable bonds is 0. The van der Waals surface area contributed by atoms with Crippen LogP contribution >= 0.6 is 34.9 Å². The van der Waals surface area contributed by atoms with Crippen LogP contribution in [0.5, 0.6) is 0 Å². The lowest BCUT2D eigenvalue weighted by Crippen LogP contribution is -1.91. The van der Waals surface area contributed by atoms with Gasteiger partial charge in [-0.15, -0.1) is 4.32 Å². The minimum absolute atomic E-state index is 0.503. The van der Waals surface area contributed by atoms with E-state index in [4.69, 9.17) is 23.4 Å². The molecule has 0 aromatic carbocycles. The van der Waals surface area contributed by atoms with Crippen LogP contribution in [0.2, 0.25) is 5.15 Å². The highest BCUT2D eigenvalue weighted by Gasteiger charge is 1.81. The van der Waals surface area contributed by atoms with Crippen molar-refractivity contribution in [3.63, 3.8) is 0 Å². The van der Waals surface area contributed by atoms with Crippen LogP contribution in [0, 0.1) is 0 Å². The minimum Gasteiger partial charge on any atom is -0.256 e. The molecule has 0 spiro atoms. The standard InChI is InChI=1S/C2H3Cl2N3S/c3-2-1-8-6-7(4)5-2/h1,5-6H. The Labute approximate surface area is 59.7 Å². The number of aromatic nitrogens is 3. The summed E-state index contributed by atoms with van der Waals surface area (Å²) in [5.41, 5.74) is 0. The molecule has 0 saturated carbocycles. The van der Waals surface area contributed by atoms with Crippen molar-refractivity contribution in [2.45, 2.75) is 0 Å². The van der Waals surface area contributed by atoms with Gasteiger partial charge >= 0.3 is 0 Å². The zero-order chi connectivity index (χ0) is 5.98. The van der Waals surface area contributed by atoms with Crippen molar-refractivity contribution < 1.29 is 0 Å². The maximum absolute atomic E-state index is 5.47. The van der Waals surface area contributed by atoms with Crippen LogP contribution < -0.4 is 0 Å². The summed E-state index contributed by atoms with van der Waals surface area (Å²) in [5.74, 6) is 0. The molecule has 1 rings (SSSR count). The predicted octanol–water partition coefficient (Wildman–Crippen LogP) is 1.99. The second kappa shape index (κ2) is 2.48. The molecule has 0 amide bonds. The first-order valence-electron chi connectivity index (χ1n) is 1.78. The molecule has 6 heteroatoms. The molecule has 1 heterocycles. The van der Waals surface area contributed by atoms with Gasteiger partial charge in [-0.05, 0) is 11.5 Å². The number of nitrogens with one attached hydrogen (secondary N) is 2. The largest absolute Gasteiger partial charge is 0.256 e. The van der Waals surface area contributed by atoms with Gasteiger partial charge in [0.15, 0.2) is 0 Å². The lowest BCUT2D eigenvalue weighted by molar-refractivity contribution is 0.834. The second-order valence-electron chi connectivity index (χ2n) is 1.07.